The third-order valence-electron chi connectivity index (χ3n) is 4.94. The van der Waals surface area contributed by atoms with Crippen LogP contribution in [0.1, 0.15) is 36.7 Å². The molecule has 34 heavy (non-hydrogen) atoms. The Hall–Kier alpha value is -3.19. The second kappa shape index (κ2) is 8.87. The van der Waals surface area contributed by atoms with Gasteiger partial charge in [0.05, 0.1) is 34.0 Å². The molecule has 3 rings (SSSR count). The molecule has 0 atom stereocenters. The number of hydrogen-bond acceptors (Lipinski definition) is 8. The first-order chi connectivity index (χ1) is 15.6. The monoisotopic (exact) mass is 500 g/mol. The number of carbonyl (C=O) groups excluding carboxylic acids is 1. The van der Waals surface area contributed by atoms with Crippen molar-refractivity contribution < 1.29 is 36.2 Å². The second-order valence-electron chi connectivity index (χ2n) is 8.75. The quantitative estimate of drug-likeness (QED) is 0.408. The van der Waals surface area contributed by atoms with Crippen molar-refractivity contribution in [3.8, 4) is 5.75 Å². The maximum Gasteiger partial charge on any atom is 0.387 e. The molecule has 0 aliphatic carbocycles. The van der Waals surface area contributed by atoms with Crippen molar-refractivity contribution in [2.24, 2.45) is 0 Å². The van der Waals surface area contributed by atoms with Crippen LogP contribution < -0.4 is 15.4 Å². The van der Waals surface area contributed by atoms with Crippen LogP contribution in [0.25, 0.3) is 0 Å². The van der Waals surface area contributed by atoms with E-state index in [1.54, 1.807) is 6.92 Å². The summed E-state index contributed by atoms with van der Waals surface area (Å²) in [6, 6.07) is 4.11. The third-order valence-corrected chi connectivity index (χ3v) is 7.09. The minimum atomic E-state index is -3.21. The van der Waals surface area contributed by atoms with Crippen LogP contribution in [0.3, 0.4) is 0 Å². The van der Waals surface area contributed by atoms with Crippen molar-refractivity contribution >= 4 is 33.0 Å². The van der Waals surface area contributed by atoms with Crippen LogP contribution in [0.5, 0.6) is 5.75 Å². The molecule has 0 spiro atoms. The van der Waals surface area contributed by atoms with E-state index in [4.69, 9.17) is 5.41 Å². The van der Waals surface area contributed by atoms with Crippen molar-refractivity contribution in [3.05, 3.63) is 47.4 Å². The number of amides is 1. The first kappa shape index (κ1) is 25.4. The number of halogens is 3. The van der Waals surface area contributed by atoms with Gasteiger partial charge in [0, 0.05) is 17.8 Å². The molecular weight excluding hydrogens is 477 g/mol. The molecule has 0 radical (unpaired) electrons. The van der Waals surface area contributed by atoms with Crippen molar-refractivity contribution in [3.63, 3.8) is 0 Å². The average Bonchev–Trinajstić information content (AvgIpc) is 2.67. The highest BCUT2D eigenvalue weighted by Crippen LogP contribution is 2.29. The lowest BCUT2D eigenvalue weighted by Crippen LogP contribution is -2.63. The smallest absolute Gasteiger partial charge is 0.387 e. The highest BCUT2D eigenvalue weighted by molar-refractivity contribution is 7.93. The SMILES string of the molecule is CC1(NC(=O)c2cnc(Nc3cc(OC(F)F)ccc3F)c(C(=N)C(C)(C)O)c2)CS(=O)(=O)C1. The van der Waals surface area contributed by atoms with E-state index in [1.165, 1.54) is 19.9 Å². The Bertz CT molecular complexity index is 1230. The molecular formula is C21H23F3N4O5S. The van der Waals surface area contributed by atoms with Gasteiger partial charge in [-0.25, -0.2) is 17.8 Å². The van der Waals surface area contributed by atoms with Crippen molar-refractivity contribution in [1.82, 2.24) is 10.3 Å². The lowest BCUT2D eigenvalue weighted by Gasteiger charge is -2.38. The molecule has 1 saturated heterocycles. The van der Waals surface area contributed by atoms with Crippen LogP contribution in [0.2, 0.25) is 0 Å². The molecule has 0 saturated carbocycles. The molecule has 13 heteroatoms. The van der Waals surface area contributed by atoms with Gasteiger partial charge in [0.1, 0.15) is 23.0 Å². The summed E-state index contributed by atoms with van der Waals surface area (Å²) in [4.78, 5) is 16.8. The second-order valence-corrected chi connectivity index (χ2v) is 10.8. The molecule has 9 nitrogen and oxygen atoms in total. The van der Waals surface area contributed by atoms with Crippen LogP contribution in [0, 0.1) is 11.2 Å². The number of nitrogens with zero attached hydrogens (tertiary/aromatic N) is 1. The number of carbonyl (C=O) groups is 1. The summed E-state index contributed by atoms with van der Waals surface area (Å²) in [5.74, 6) is -2.38. The van der Waals surface area contributed by atoms with Gasteiger partial charge >= 0.3 is 6.61 Å². The predicted octanol–water partition coefficient (Wildman–Crippen LogP) is 2.62. The normalized spacial score (nSPS) is 16.5. The maximum absolute atomic E-state index is 14.3. The Balaban J connectivity index is 1.95. The highest BCUT2D eigenvalue weighted by atomic mass is 32.2. The van der Waals surface area contributed by atoms with Gasteiger partial charge < -0.3 is 25.9 Å². The fourth-order valence-electron chi connectivity index (χ4n) is 3.46. The summed E-state index contributed by atoms with van der Waals surface area (Å²) in [6.07, 6.45) is 1.12. The molecule has 2 heterocycles. The number of pyridine rings is 1. The first-order valence-corrected chi connectivity index (χ1v) is 11.8. The van der Waals surface area contributed by atoms with Gasteiger partial charge in [0.15, 0.2) is 9.84 Å². The van der Waals surface area contributed by atoms with Gasteiger partial charge in [-0.3, -0.25) is 4.79 Å². The number of alkyl halides is 2. The van der Waals surface area contributed by atoms with Crippen LogP contribution in [-0.2, 0) is 9.84 Å². The minimum Gasteiger partial charge on any atom is -0.435 e. The molecule has 0 unspecified atom stereocenters. The Morgan fingerprint density at radius 3 is 2.50 bits per heavy atom. The van der Waals surface area contributed by atoms with Gasteiger partial charge in [0.2, 0.25) is 0 Å². The highest BCUT2D eigenvalue weighted by Gasteiger charge is 2.45. The number of ether oxygens (including phenoxy) is 1. The summed E-state index contributed by atoms with van der Waals surface area (Å²) in [6.45, 7) is 1.10. The number of sulfone groups is 1. The Morgan fingerprint density at radius 1 is 1.29 bits per heavy atom. The molecule has 2 aromatic rings. The molecule has 0 bridgehead atoms. The molecule has 184 valence electrons. The largest absolute Gasteiger partial charge is 0.435 e. The van der Waals surface area contributed by atoms with Crippen molar-refractivity contribution in [1.29, 1.82) is 5.41 Å². The molecule has 4 N–H and O–H groups in total. The van der Waals surface area contributed by atoms with Gasteiger partial charge in [-0.05, 0) is 39.0 Å². The fourth-order valence-corrected chi connectivity index (χ4v) is 5.46. The van der Waals surface area contributed by atoms with E-state index in [1.807, 2.05) is 0 Å². The van der Waals surface area contributed by atoms with Crippen molar-refractivity contribution in [2.75, 3.05) is 16.8 Å². The van der Waals surface area contributed by atoms with Crippen molar-refractivity contribution in [2.45, 2.75) is 38.5 Å². The Labute approximate surface area is 193 Å². The van der Waals surface area contributed by atoms with E-state index in [0.717, 1.165) is 24.4 Å². The molecule has 1 aliphatic rings. The molecule has 1 aliphatic heterocycles. The van der Waals surface area contributed by atoms with E-state index in [0.29, 0.717) is 0 Å². The topological polar surface area (TPSA) is 141 Å². The molecule has 1 aromatic heterocycles. The van der Waals surface area contributed by atoms with Gasteiger partial charge in [-0.15, -0.1) is 0 Å². The number of aromatic nitrogens is 1. The summed E-state index contributed by atoms with van der Waals surface area (Å²) < 4.78 is 66.6. The number of benzene rings is 1. The van der Waals surface area contributed by atoms with E-state index >= 15 is 0 Å². The maximum atomic E-state index is 14.3. The zero-order chi connectivity index (χ0) is 25.5. The van der Waals surface area contributed by atoms with Crippen LogP contribution in [0.15, 0.2) is 30.5 Å². The van der Waals surface area contributed by atoms with Gasteiger partial charge in [0.25, 0.3) is 5.91 Å². The van der Waals surface area contributed by atoms with Crippen LogP contribution >= 0.6 is 0 Å². The summed E-state index contributed by atoms with van der Waals surface area (Å²) >= 11 is 0. The standard InChI is InChI=1S/C21H23F3N4O5S/c1-20(2,30)16(25)13-6-11(18(29)28-21(3)9-34(31,32)10-21)8-26-17(13)27-15-7-12(33-19(23)24)4-5-14(15)22/h4-8,19,25,30H,9-10H2,1-3H3,(H,26,27)(H,28,29). The molecule has 1 amide bonds. The summed E-state index contributed by atoms with van der Waals surface area (Å²) in [7, 11) is -3.21. The van der Waals surface area contributed by atoms with E-state index in [2.05, 4.69) is 20.4 Å². The van der Waals surface area contributed by atoms with E-state index < -0.39 is 39.3 Å². The number of rotatable bonds is 8. The lowest BCUT2D eigenvalue weighted by atomic mass is 9.95. The van der Waals surface area contributed by atoms with Gasteiger partial charge in [-0.1, -0.05) is 0 Å². The van der Waals surface area contributed by atoms with Crippen LogP contribution in [0.4, 0.5) is 24.7 Å². The van der Waals surface area contributed by atoms with E-state index in [-0.39, 0.29) is 45.6 Å². The number of anilines is 2. The summed E-state index contributed by atoms with van der Waals surface area (Å²) in [5, 5.41) is 23.9. The van der Waals surface area contributed by atoms with Gasteiger partial charge in [-0.2, -0.15) is 8.78 Å². The van der Waals surface area contributed by atoms with Crippen LogP contribution in [-0.4, -0.2) is 59.4 Å². The number of aliphatic hydroxyl groups is 1. The zero-order valence-electron chi connectivity index (χ0n) is 18.4. The Morgan fingerprint density at radius 2 is 1.94 bits per heavy atom. The lowest BCUT2D eigenvalue weighted by molar-refractivity contribution is -0.0498. The van der Waals surface area contributed by atoms with E-state index in [9.17, 15) is 31.5 Å². The first-order valence-electron chi connectivity index (χ1n) is 9.95. The zero-order valence-corrected chi connectivity index (χ0v) is 19.3. The average molecular weight is 500 g/mol. The Kier molecular flexibility index (Phi) is 6.64. The number of hydrogen-bond donors (Lipinski definition) is 4. The predicted molar refractivity (Wildman–Crippen MR) is 118 cm³/mol. The molecule has 1 aromatic carbocycles. The molecule has 1 fully saturated rings. The summed E-state index contributed by atoms with van der Waals surface area (Å²) in [5.41, 5.74) is -3.39. The number of nitrogens with one attached hydrogen (secondary N) is 3. The fraction of sp³-hybridized carbons (Fsp3) is 0.381. The minimum absolute atomic E-state index is 0.0321. The third kappa shape index (κ3) is 5.83.